The number of hydrogen-bond acceptors (Lipinski definition) is 43. The molecule has 3 aliphatic heterocycles. The Morgan fingerprint density at radius 2 is 0.755 bits per heavy atom. The number of aromatic nitrogens is 3. The number of H-pyrrole nitrogens is 2. The zero-order valence-electron chi connectivity index (χ0n) is 77.1. The molecule has 768 valence electrons. The van der Waals surface area contributed by atoms with Gasteiger partial charge in [-0.3, -0.25) is 82.8 Å². The smallest absolute Gasteiger partial charge is 0.243 e. The number of aromatic amines is 2. The fourth-order valence-electron chi connectivity index (χ4n) is 16.8. The molecule has 0 spiro atoms. The molecule has 0 bridgehead atoms. The number of aliphatic carboxylic acids is 12. The first-order valence-electron chi connectivity index (χ1n) is 45.3. The van der Waals surface area contributed by atoms with Gasteiger partial charge in [0.25, 0.3) is 0 Å². The maximum atomic E-state index is 15.5. The minimum Gasteiger partial charge on any atom is -0.549 e. The number of likely N-dealkylation sites (N-methyl/N-ethyl adjacent to an activating group) is 1. The van der Waals surface area contributed by atoms with Crippen LogP contribution in [-0.4, -0.2) is 464 Å². The van der Waals surface area contributed by atoms with Gasteiger partial charge in [-0.1, -0.05) is 30.3 Å². The molecule has 5 heterocycles. The maximum Gasteiger partial charge on any atom is 0.243 e. The van der Waals surface area contributed by atoms with E-state index in [0.29, 0.717) is 22.5 Å². The molecule has 3 aliphatic rings. The highest BCUT2D eigenvalue weighted by Crippen LogP contribution is 2.22. The first-order chi connectivity index (χ1) is 66.1. The van der Waals surface area contributed by atoms with E-state index in [1.807, 2.05) is 24.3 Å². The van der Waals surface area contributed by atoms with E-state index >= 15 is 4.79 Å². The minimum absolute atomic E-state index is 0.0196. The van der Waals surface area contributed by atoms with E-state index in [1.165, 1.54) is 78.4 Å². The molecule has 6 atom stereocenters. The highest BCUT2D eigenvalue weighted by molar-refractivity contribution is 7.80. The molecule has 0 aliphatic carbocycles. The summed E-state index contributed by atoms with van der Waals surface area (Å²) < 4.78 is 0. The molecular formula is C87H118N22O29S-12. The first kappa shape index (κ1) is 113. The van der Waals surface area contributed by atoms with Gasteiger partial charge in [0.15, 0.2) is 5.11 Å². The Bertz CT molecular complexity index is 4670. The van der Waals surface area contributed by atoms with E-state index in [4.69, 9.17) is 12.2 Å². The molecule has 3 fully saturated rings. The Kier molecular flexibility index (Phi) is 48.1. The van der Waals surface area contributed by atoms with Gasteiger partial charge in [-0.15, -0.1) is 0 Å². The van der Waals surface area contributed by atoms with Crippen LogP contribution >= 0.6 is 12.2 Å². The van der Waals surface area contributed by atoms with E-state index in [1.54, 1.807) is 30.5 Å². The molecule has 3 saturated heterocycles. The van der Waals surface area contributed by atoms with Crippen LogP contribution in [0.5, 0.6) is 0 Å². The molecule has 5 amide bonds. The summed E-state index contributed by atoms with van der Waals surface area (Å²) in [5.74, 6) is -22.8. The Hall–Kier alpha value is -12.6. The van der Waals surface area contributed by atoms with Gasteiger partial charge in [-0.25, -0.2) is 4.98 Å². The van der Waals surface area contributed by atoms with E-state index < -0.39 is 254 Å². The monoisotopic (exact) mass is 1970 g/mol. The number of para-hydroxylation sites is 1. The lowest BCUT2D eigenvalue weighted by molar-refractivity contribution is -0.313. The van der Waals surface area contributed by atoms with Crippen LogP contribution in [0.25, 0.3) is 10.9 Å². The number of thiocarbonyl (C=S) groups is 1. The van der Waals surface area contributed by atoms with E-state index in [-0.39, 0.29) is 181 Å². The second-order valence-corrected chi connectivity index (χ2v) is 34.5. The number of carboxylic acids is 12. The van der Waals surface area contributed by atoms with Gasteiger partial charge < -0.3 is 166 Å². The molecule has 8 N–H and O–H groups in total. The second kappa shape index (κ2) is 59.0. The summed E-state index contributed by atoms with van der Waals surface area (Å²) in [7, 11) is 1.40. The lowest BCUT2D eigenvalue weighted by atomic mass is 10.0. The standard InChI is InChI=1S/C87H130N22O29S/c1-88-82(131)66(44-61-46-89-57-92-61)95-83(132)65(43-59-45-91-64-5-3-2-4-63(59)64)96-87(139)94-60-8-6-58(7-9-60)42-62(93-71(111)14-11-68(85(135)136)107-38-32-102(53-78(123)124)26-20-98(49-74(115)116)21-27-103(33-39-107)54-79(125)126)47-109(72(112)15-12-69(86(137)138)108-40-34-104(55-80(127)128)28-22-99(50-75(117)118)23-29-105(35-41-108)56-81(129)130)17-16-90-70(110)13-10-67(84(133)134)106-36-30-100(51-76(119)120)24-18-97(48-73(113)114)19-25-101(31-37-106)52-77(121)122/h2-9,45-46,57,62,65-69,91H,10-44,47-56H2,1H3,(H,88,131)(H,89,92)(H,90,110)(H,93,111)(H,95,132)(H,113,114)(H,115,116)(H,117,118)(H,119,120)(H,121,122)(H,123,124)(H,125,126)(H,127,128)(H,129,130)(H,133,134)(H,135,136)(H,137,138)(H2,94,96,139)/p-12/t62-,65-,66-,67?,68-,69?/m0/s1. The number of rotatable bonds is 50. The third kappa shape index (κ3) is 42.7. The minimum atomic E-state index is -1.77. The fraction of sp³-hybridized carbons (Fsp3) is 0.598. The zero-order valence-corrected chi connectivity index (χ0v) is 78.0. The SMILES string of the molecule is CNC(=O)[C@H](Cc1cnc[nH]1)NC(=O)[C@H](Cc1c[nH]c2ccccc12)NC(=S)Nc1ccc(C[C@@H](CN(CCNC(=O)CCC(C(=O)[O-])N2CCN(CC(=O)[O-])CCN(CC(=O)[O-])CCN(CC(=O)[O-])CC2)C(=O)CCC(C(=O)[O-])N2CCN(CC(=O)[O-])CCN(CC(=O)[O-])CCN(CC(=O)[O-])CC2)NC(=O)CC[C@@H](C(=O)[O-])N2CCN(CC(=O)[O-])CCN(CC(=O)[O-])CCN(CC(=O)[O-])CC2)cc1. The average Bonchev–Trinajstić information content (AvgIpc) is 1.16. The molecule has 2 aromatic heterocycles. The quantitative estimate of drug-likeness (QED) is 0.0190. The van der Waals surface area contributed by atoms with E-state index in [9.17, 15) is 138 Å². The molecule has 0 radical (unpaired) electrons. The maximum absolute atomic E-state index is 15.5. The van der Waals surface area contributed by atoms with Crippen molar-refractivity contribution in [2.75, 3.05) is 248 Å². The molecule has 2 aromatic carbocycles. The van der Waals surface area contributed by atoms with Crippen molar-refractivity contribution in [3.63, 3.8) is 0 Å². The number of fused-ring (bicyclic) bond motifs is 1. The Morgan fingerprint density at radius 3 is 1.11 bits per heavy atom. The summed E-state index contributed by atoms with van der Waals surface area (Å²) in [6.07, 6.45) is 0.693. The topological polar surface area (TPSA) is 726 Å². The van der Waals surface area contributed by atoms with Crippen molar-refractivity contribution in [1.29, 1.82) is 0 Å². The van der Waals surface area contributed by atoms with Gasteiger partial charge in [0.1, 0.15) is 12.1 Å². The van der Waals surface area contributed by atoms with Gasteiger partial charge in [0.2, 0.25) is 29.5 Å². The molecule has 52 heteroatoms. The molecule has 4 aromatic rings. The molecule has 7 rings (SSSR count). The van der Waals surface area contributed by atoms with Crippen LogP contribution in [0.4, 0.5) is 5.69 Å². The van der Waals surface area contributed by atoms with Gasteiger partial charge in [0.05, 0.1) is 84.0 Å². The third-order valence-electron chi connectivity index (χ3n) is 24.0. The molecule has 0 saturated carbocycles. The summed E-state index contributed by atoms with van der Waals surface area (Å²) in [6, 6.07) is 4.90. The van der Waals surface area contributed by atoms with Crippen LogP contribution in [0, 0.1) is 0 Å². The lowest BCUT2D eigenvalue weighted by Crippen LogP contribution is -2.55. The van der Waals surface area contributed by atoms with Gasteiger partial charge >= 0.3 is 0 Å². The predicted octanol–water partition coefficient (Wildman–Crippen LogP) is -21.7. The van der Waals surface area contributed by atoms with E-state index in [2.05, 4.69) is 46.9 Å². The number of imidazole rings is 1. The summed E-state index contributed by atoms with van der Waals surface area (Å²) in [5, 5.41) is 166. The average molecular weight is 1970 g/mol. The summed E-state index contributed by atoms with van der Waals surface area (Å²) in [4.78, 5) is 248. The van der Waals surface area contributed by atoms with Crippen LogP contribution in [-0.2, 0) is 101 Å². The number of nitrogens with one attached hydrogen (secondary N) is 8. The summed E-state index contributed by atoms with van der Waals surface area (Å²) in [6.45, 7) is -11.9. The number of carbonyl (C=O) groups excluding carboxylic acids is 17. The third-order valence-corrected chi connectivity index (χ3v) is 24.2. The van der Waals surface area contributed by atoms with Crippen molar-refractivity contribution >= 4 is 135 Å². The highest BCUT2D eigenvalue weighted by atomic mass is 32.1. The normalized spacial score (nSPS) is 17.8. The lowest BCUT2D eigenvalue weighted by Gasteiger charge is -2.38. The summed E-state index contributed by atoms with van der Waals surface area (Å²) >= 11 is 5.85. The molecule has 51 nitrogen and oxygen atoms in total. The van der Waals surface area contributed by atoms with Crippen molar-refractivity contribution in [1.82, 2.24) is 105 Å². The van der Waals surface area contributed by atoms with Crippen LogP contribution in [0.3, 0.4) is 0 Å². The number of benzene rings is 2. The number of nitrogens with zero attached hydrogens (tertiary/aromatic N) is 14. The second-order valence-electron chi connectivity index (χ2n) is 34.1. The van der Waals surface area contributed by atoms with Crippen LogP contribution in [0.15, 0.2) is 67.3 Å². The fourth-order valence-corrected chi connectivity index (χ4v) is 17.0. The van der Waals surface area contributed by atoms with Crippen LogP contribution in [0.2, 0.25) is 0 Å². The van der Waals surface area contributed by atoms with E-state index in [0.717, 1.165) is 15.8 Å². The number of carbonyl (C=O) groups is 17. The zero-order chi connectivity index (χ0) is 102. The Labute approximate surface area is 805 Å². The Morgan fingerprint density at radius 1 is 0.403 bits per heavy atom. The summed E-state index contributed by atoms with van der Waals surface area (Å²) in [5.41, 5.74) is 2.67. The van der Waals surface area contributed by atoms with Gasteiger partial charge in [0, 0.05) is 328 Å². The van der Waals surface area contributed by atoms with Crippen LogP contribution in [0.1, 0.15) is 55.3 Å². The number of anilines is 1. The largest absolute Gasteiger partial charge is 0.549 e. The first-order valence-corrected chi connectivity index (χ1v) is 45.7. The number of carboxylic acid groups (broad SMARTS) is 12. The van der Waals surface area contributed by atoms with Crippen molar-refractivity contribution in [3.8, 4) is 0 Å². The van der Waals surface area contributed by atoms with Gasteiger partial charge in [-0.2, -0.15) is 0 Å². The van der Waals surface area contributed by atoms with Gasteiger partial charge in [-0.05, 0) is 67.2 Å². The van der Waals surface area contributed by atoms with Crippen molar-refractivity contribution < 1.29 is 143 Å². The van der Waals surface area contributed by atoms with Crippen molar-refractivity contribution in [2.45, 2.75) is 94.0 Å². The predicted molar refractivity (Wildman–Crippen MR) is 467 cm³/mol. The molecule has 2 unspecified atom stereocenters. The molecule has 139 heavy (non-hydrogen) atoms. The number of hydrogen-bond donors (Lipinski definition) is 8. The highest BCUT2D eigenvalue weighted by Gasteiger charge is 2.33. The Balaban J connectivity index is 1.26. The number of amides is 5. The van der Waals surface area contributed by atoms with Crippen LogP contribution < -0.4 is 93.2 Å². The van der Waals surface area contributed by atoms with Crippen molar-refractivity contribution in [2.24, 2.45) is 0 Å². The molecular weight excluding hydrogens is 1850 g/mol. The van der Waals surface area contributed by atoms with Crippen molar-refractivity contribution in [3.05, 3.63) is 84.1 Å².